The maximum Gasteiger partial charge on any atom is 0.290 e. The van der Waals surface area contributed by atoms with Crippen LogP contribution in [0.3, 0.4) is 0 Å². The van der Waals surface area contributed by atoms with Gasteiger partial charge in [-0.25, -0.2) is 4.98 Å². The van der Waals surface area contributed by atoms with Crippen LogP contribution >= 0.6 is 0 Å². The number of hydrogen-bond donors (Lipinski definition) is 0. The fourth-order valence-electron chi connectivity index (χ4n) is 5.94. The predicted octanol–water partition coefficient (Wildman–Crippen LogP) is 6.10. The highest BCUT2D eigenvalue weighted by atomic mass is 28.4. The molecule has 2 saturated carbocycles. The fraction of sp³-hybridized carbons (Fsp3) is 0.645. The lowest BCUT2D eigenvalue weighted by Crippen LogP contribution is -2.56. The lowest BCUT2D eigenvalue weighted by Gasteiger charge is -2.44. The minimum atomic E-state index is -1.79. The molecule has 7 nitrogen and oxygen atoms in total. The highest BCUT2D eigenvalue weighted by molar-refractivity contribution is 6.74. The Morgan fingerprint density at radius 3 is 2.36 bits per heavy atom. The molecule has 0 N–H and O–H groups in total. The molecule has 0 bridgehead atoms. The molecule has 212 valence electrons. The molecule has 1 aliphatic heterocycles. The molecule has 2 aliphatic carbocycles. The van der Waals surface area contributed by atoms with Gasteiger partial charge in [0.1, 0.15) is 6.54 Å². The summed E-state index contributed by atoms with van der Waals surface area (Å²) in [6, 6.07) is 4.65. The van der Waals surface area contributed by atoms with E-state index in [4.69, 9.17) is 9.41 Å². The number of benzene rings is 1. The Hall–Kier alpha value is -2.45. The standard InChI is InChI=1S/C31H46N4O3Si/c1-8-9-22-18-23(21-10-11-21)19-26-28(22)32-29(33(26)5)30(37)34-16-17-35(27(36)20-34)24-12-14-25(15-13-24)38-39(6,7)31(2,3)4/h8-9,18-19,21,24-25H,10-17,20H2,1-7H3. The van der Waals surface area contributed by atoms with Gasteiger partial charge < -0.3 is 18.8 Å². The number of aromatic nitrogens is 2. The van der Waals surface area contributed by atoms with Gasteiger partial charge in [0, 0.05) is 37.8 Å². The van der Waals surface area contributed by atoms with Gasteiger partial charge in [-0.2, -0.15) is 0 Å². The third-order valence-electron chi connectivity index (χ3n) is 9.52. The van der Waals surface area contributed by atoms with Crippen LogP contribution in [0, 0.1) is 0 Å². The summed E-state index contributed by atoms with van der Waals surface area (Å²) >= 11 is 0. The van der Waals surface area contributed by atoms with Crippen molar-refractivity contribution < 1.29 is 14.0 Å². The molecule has 2 amide bonds. The van der Waals surface area contributed by atoms with Gasteiger partial charge in [0.25, 0.3) is 5.91 Å². The zero-order valence-corrected chi connectivity index (χ0v) is 25.9. The van der Waals surface area contributed by atoms with E-state index in [0.717, 1.165) is 42.3 Å². The largest absolute Gasteiger partial charge is 0.414 e. The molecule has 39 heavy (non-hydrogen) atoms. The van der Waals surface area contributed by atoms with E-state index in [9.17, 15) is 9.59 Å². The lowest BCUT2D eigenvalue weighted by molar-refractivity contribution is -0.138. The first kappa shape index (κ1) is 28.1. The summed E-state index contributed by atoms with van der Waals surface area (Å²) in [6.45, 7) is 14.7. The van der Waals surface area contributed by atoms with Gasteiger partial charge in [-0.1, -0.05) is 32.9 Å². The second kappa shape index (κ2) is 10.5. The number of hydrogen-bond acceptors (Lipinski definition) is 4. The summed E-state index contributed by atoms with van der Waals surface area (Å²) in [6.07, 6.45) is 10.8. The molecule has 1 aromatic heterocycles. The number of carbonyl (C=O) groups excluding carboxylic acids is 2. The fourth-order valence-corrected chi connectivity index (χ4v) is 7.36. The van der Waals surface area contributed by atoms with Crippen molar-refractivity contribution in [2.75, 3.05) is 19.6 Å². The van der Waals surface area contributed by atoms with Gasteiger partial charge in [-0.3, -0.25) is 9.59 Å². The Morgan fingerprint density at radius 2 is 1.77 bits per heavy atom. The van der Waals surface area contributed by atoms with Crippen LogP contribution in [-0.2, 0) is 16.3 Å². The smallest absolute Gasteiger partial charge is 0.290 e. The third-order valence-corrected chi connectivity index (χ3v) is 14.1. The van der Waals surface area contributed by atoms with Crippen LogP contribution in [-0.4, -0.2) is 71.3 Å². The zero-order valence-electron chi connectivity index (χ0n) is 24.9. The molecular formula is C31H46N4O3Si. The van der Waals surface area contributed by atoms with Crippen LogP contribution in [0.25, 0.3) is 17.1 Å². The number of allylic oxidation sites excluding steroid dienone is 1. The average molecular weight is 551 g/mol. The van der Waals surface area contributed by atoms with E-state index >= 15 is 0 Å². The molecule has 0 spiro atoms. The first-order valence-corrected chi connectivity index (χ1v) is 17.7. The quantitative estimate of drug-likeness (QED) is 0.408. The topological polar surface area (TPSA) is 67.7 Å². The Bertz CT molecular complexity index is 1280. The maximum absolute atomic E-state index is 13.6. The molecule has 1 saturated heterocycles. The first-order chi connectivity index (χ1) is 18.4. The van der Waals surface area contributed by atoms with Crippen LogP contribution < -0.4 is 0 Å². The molecule has 2 heterocycles. The summed E-state index contributed by atoms with van der Waals surface area (Å²) < 4.78 is 8.57. The van der Waals surface area contributed by atoms with Crippen LogP contribution in [0.2, 0.25) is 18.1 Å². The highest BCUT2D eigenvalue weighted by Crippen LogP contribution is 2.42. The molecule has 3 fully saturated rings. The van der Waals surface area contributed by atoms with Gasteiger partial charge in [0.15, 0.2) is 14.1 Å². The van der Waals surface area contributed by atoms with Gasteiger partial charge in [0.05, 0.1) is 11.0 Å². The van der Waals surface area contributed by atoms with E-state index < -0.39 is 8.32 Å². The zero-order chi connectivity index (χ0) is 28.1. The normalized spacial score (nSPS) is 23.3. The highest BCUT2D eigenvalue weighted by Gasteiger charge is 2.41. The van der Waals surface area contributed by atoms with Gasteiger partial charge in [-0.05, 0) is 87.2 Å². The number of rotatable bonds is 6. The van der Waals surface area contributed by atoms with E-state index in [-0.39, 0.29) is 29.4 Å². The number of piperazine rings is 1. The maximum atomic E-state index is 13.6. The molecular weight excluding hydrogens is 504 g/mol. The first-order valence-electron chi connectivity index (χ1n) is 14.8. The molecule has 0 radical (unpaired) electrons. The predicted molar refractivity (Wildman–Crippen MR) is 159 cm³/mol. The Morgan fingerprint density at radius 1 is 1.08 bits per heavy atom. The minimum Gasteiger partial charge on any atom is -0.414 e. The summed E-state index contributed by atoms with van der Waals surface area (Å²) in [4.78, 5) is 35.4. The average Bonchev–Trinajstić information content (AvgIpc) is 3.67. The summed E-state index contributed by atoms with van der Waals surface area (Å²) in [5, 5.41) is 0.204. The van der Waals surface area contributed by atoms with Crippen molar-refractivity contribution in [2.24, 2.45) is 7.05 Å². The van der Waals surface area contributed by atoms with Crippen LogP contribution in [0.5, 0.6) is 0 Å². The number of amides is 2. The molecule has 2 aromatic rings. The second-order valence-electron chi connectivity index (χ2n) is 13.4. The molecule has 5 rings (SSSR count). The van der Waals surface area contributed by atoms with Gasteiger partial charge in [-0.15, -0.1) is 0 Å². The molecule has 8 heteroatoms. The van der Waals surface area contributed by atoms with Crippen molar-refractivity contribution >= 4 is 37.2 Å². The van der Waals surface area contributed by atoms with E-state index in [1.807, 2.05) is 29.5 Å². The summed E-state index contributed by atoms with van der Waals surface area (Å²) in [5.41, 5.74) is 4.22. The Kier molecular flexibility index (Phi) is 7.57. The monoisotopic (exact) mass is 550 g/mol. The number of aryl methyl sites for hydroxylation is 1. The third kappa shape index (κ3) is 5.60. The summed E-state index contributed by atoms with van der Waals surface area (Å²) in [5.74, 6) is 0.917. The van der Waals surface area contributed by atoms with Crippen molar-refractivity contribution in [3.8, 4) is 0 Å². The van der Waals surface area contributed by atoms with Crippen molar-refractivity contribution in [2.45, 2.75) is 102 Å². The van der Waals surface area contributed by atoms with Crippen molar-refractivity contribution in [1.29, 1.82) is 0 Å². The van der Waals surface area contributed by atoms with Crippen LogP contribution in [0.4, 0.5) is 0 Å². The van der Waals surface area contributed by atoms with Crippen LogP contribution in [0.1, 0.15) is 93.9 Å². The minimum absolute atomic E-state index is 0.0488. The van der Waals surface area contributed by atoms with Crippen LogP contribution in [0.15, 0.2) is 18.2 Å². The van der Waals surface area contributed by atoms with Crippen molar-refractivity contribution in [3.63, 3.8) is 0 Å². The summed E-state index contributed by atoms with van der Waals surface area (Å²) in [7, 11) is 0.128. The number of carbonyl (C=O) groups is 2. The SMILES string of the molecule is CC=Cc1cc(C2CC2)cc2c1nc(C(=O)N1CCN(C3CCC(O[Si](C)(C)C(C)(C)C)CC3)C(=O)C1)n2C. The van der Waals surface area contributed by atoms with E-state index in [1.54, 1.807) is 4.90 Å². The van der Waals surface area contributed by atoms with E-state index in [1.165, 1.54) is 18.4 Å². The lowest BCUT2D eigenvalue weighted by atomic mass is 9.91. The Balaban J connectivity index is 1.24. The van der Waals surface area contributed by atoms with E-state index in [0.29, 0.717) is 30.9 Å². The van der Waals surface area contributed by atoms with Gasteiger partial charge >= 0.3 is 0 Å². The number of imidazole rings is 1. The molecule has 1 aromatic carbocycles. The number of fused-ring (bicyclic) bond motifs is 1. The van der Waals surface area contributed by atoms with Gasteiger partial charge in [0.2, 0.25) is 5.91 Å². The Labute approximate surface area is 234 Å². The van der Waals surface area contributed by atoms with E-state index in [2.05, 4.69) is 52.1 Å². The van der Waals surface area contributed by atoms with Crippen molar-refractivity contribution in [1.82, 2.24) is 19.4 Å². The molecule has 0 unspecified atom stereocenters. The molecule has 3 aliphatic rings. The second-order valence-corrected chi connectivity index (χ2v) is 18.1. The van der Waals surface area contributed by atoms with Crippen molar-refractivity contribution in [3.05, 3.63) is 35.2 Å². The molecule has 0 atom stereocenters. The number of nitrogens with zero attached hydrogens (tertiary/aromatic N) is 4.